The molecule has 124 valence electrons. The largest absolute Gasteiger partial charge is 0.491 e. The van der Waals surface area contributed by atoms with Gasteiger partial charge in [-0.25, -0.2) is 0 Å². The summed E-state index contributed by atoms with van der Waals surface area (Å²) in [5.74, 6) is 0.467. The molecule has 2 amide bonds. The molecule has 0 radical (unpaired) electrons. The molecule has 1 aliphatic rings. The highest BCUT2D eigenvalue weighted by Gasteiger charge is 2.15. The Hall–Kier alpha value is -2.82. The number of hydrogen-bond acceptors (Lipinski definition) is 3. The predicted molar refractivity (Wildman–Crippen MR) is 93.4 cm³/mol. The lowest BCUT2D eigenvalue weighted by molar-refractivity contribution is -0.116. The standard InChI is InChI=1S/C19H20N2O3/c1-12-3-4-13(2)15(9-12)20-19(23)11-14-5-6-17-16(10-14)21-18(22)7-8-24-17/h3-6,9-10H,7-8,11H2,1-2H3,(H,20,23)(H,21,22). The number of ether oxygens (including phenoxy) is 1. The van der Waals surface area contributed by atoms with Crippen molar-refractivity contribution in [1.82, 2.24) is 0 Å². The topological polar surface area (TPSA) is 67.4 Å². The zero-order chi connectivity index (χ0) is 17.1. The number of hydrogen-bond donors (Lipinski definition) is 2. The van der Waals surface area contributed by atoms with Crippen molar-refractivity contribution in [2.75, 3.05) is 17.2 Å². The van der Waals surface area contributed by atoms with Gasteiger partial charge in [-0.15, -0.1) is 0 Å². The SMILES string of the molecule is Cc1ccc(C)c(NC(=O)Cc2ccc3c(c2)NC(=O)CCO3)c1. The Morgan fingerprint density at radius 3 is 2.88 bits per heavy atom. The Bertz CT molecular complexity index is 799. The second-order valence-electron chi connectivity index (χ2n) is 6.02. The molecular formula is C19H20N2O3. The van der Waals surface area contributed by atoms with E-state index in [1.807, 2.05) is 38.1 Å². The third-order valence-electron chi connectivity index (χ3n) is 3.94. The predicted octanol–water partition coefficient (Wildman–Crippen LogP) is 3.21. The Labute approximate surface area is 141 Å². The zero-order valence-electron chi connectivity index (χ0n) is 13.8. The fourth-order valence-electron chi connectivity index (χ4n) is 2.63. The molecule has 0 bridgehead atoms. The van der Waals surface area contributed by atoms with Gasteiger partial charge in [0.1, 0.15) is 5.75 Å². The van der Waals surface area contributed by atoms with E-state index >= 15 is 0 Å². The van der Waals surface area contributed by atoms with E-state index in [1.165, 1.54) is 0 Å². The molecule has 0 fully saturated rings. The van der Waals surface area contributed by atoms with Gasteiger partial charge in [-0.3, -0.25) is 9.59 Å². The van der Waals surface area contributed by atoms with Gasteiger partial charge in [0.2, 0.25) is 11.8 Å². The first-order valence-corrected chi connectivity index (χ1v) is 7.94. The van der Waals surface area contributed by atoms with Crippen LogP contribution in [0.1, 0.15) is 23.1 Å². The Morgan fingerprint density at radius 2 is 2.04 bits per heavy atom. The lowest BCUT2D eigenvalue weighted by atomic mass is 10.1. The van der Waals surface area contributed by atoms with Crippen LogP contribution >= 0.6 is 0 Å². The van der Waals surface area contributed by atoms with Crippen LogP contribution in [-0.4, -0.2) is 18.4 Å². The highest BCUT2D eigenvalue weighted by Crippen LogP contribution is 2.28. The van der Waals surface area contributed by atoms with Gasteiger partial charge in [-0.05, 0) is 48.7 Å². The Balaban J connectivity index is 1.73. The summed E-state index contributed by atoms with van der Waals surface area (Å²) in [5, 5.41) is 5.75. The van der Waals surface area contributed by atoms with Crippen LogP contribution in [0.5, 0.6) is 5.75 Å². The van der Waals surface area contributed by atoms with Gasteiger partial charge in [0.05, 0.1) is 25.1 Å². The lowest BCUT2D eigenvalue weighted by Gasteiger charge is -2.11. The van der Waals surface area contributed by atoms with Gasteiger partial charge >= 0.3 is 0 Å². The summed E-state index contributed by atoms with van der Waals surface area (Å²) < 4.78 is 5.52. The van der Waals surface area contributed by atoms with Gasteiger partial charge in [-0.1, -0.05) is 18.2 Å². The maximum absolute atomic E-state index is 12.3. The monoisotopic (exact) mass is 324 g/mol. The average Bonchev–Trinajstić information content (AvgIpc) is 2.71. The molecule has 0 aromatic heterocycles. The minimum absolute atomic E-state index is 0.0780. The first kappa shape index (κ1) is 16.1. The van der Waals surface area contributed by atoms with Gasteiger partial charge in [-0.2, -0.15) is 0 Å². The van der Waals surface area contributed by atoms with E-state index in [1.54, 1.807) is 12.1 Å². The van der Waals surface area contributed by atoms with Crippen LogP contribution in [0, 0.1) is 13.8 Å². The molecular weight excluding hydrogens is 304 g/mol. The number of nitrogens with one attached hydrogen (secondary N) is 2. The minimum Gasteiger partial charge on any atom is -0.491 e. The maximum atomic E-state index is 12.3. The summed E-state index contributed by atoms with van der Waals surface area (Å²) in [4.78, 5) is 23.9. The van der Waals surface area contributed by atoms with Crippen molar-refractivity contribution in [1.29, 1.82) is 0 Å². The summed E-state index contributed by atoms with van der Waals surface area (Å²) in [6.07, 6.45) is 0.563. The average molecular weight is 324 g/mol. The number of fused-ring (bicyclic) bond motifs is 1. The molecule has 0 unspecified atom stereocenters. The first-order valence-electron chi connectivity index (χ1n) is 7.94. The molecule has 1 heterocycles. The van der Waals surface area contributed by atoms with Crippen LogP contribution in [0.2, 0.25) is 0 Å². The summed E-state index contributed by atoms with van der Waals surface area (Å²) in [5.41, 5.74) is 4.39. The summed E-state index contributed by atoms with van der Waals surface area (Å²) >= 11 is 0. The molecule has 24 heavy (non-hydrogen) atoms. The third kappa shape index (κ3) is 3.74. The van der Waals surface area contributed by atoms with Crippen molar-refractivity contribution in [3.8, 4) is 5.75 Å². The Kier molecular flexibility index (Phi) is 4.51. The Morgan fingerprint density at radius 1 is 1.21 bits per heavy atom. The molecule has 2 aromatic rings. The number of benzene rings is 2. The highest BCUT2D eigenvalue weighted by molar-refractivity contribution is 5.95. The lowest BCUT2D eigenvalue weighted by Crippen LogP contribution is -2.15. The maximum Gasteiger partial charge on any atom is 0.228 e. The summed E-state index contributed by atoms with van der Waals surface area (Å²) in [6.45, 7) is 4.32. The molecule has 3 rings (SSSR count). The second kappa shape index (κ2) is 6.74. The van der Waals surface area contributed by atoms with Crippen LogP contribution in [-0.2, 0) is 16.0 Å². The molecule has 2 aromatic carbocycles. The van der Waals surface area contributed by atoms with Crippen molar-refractivity contribution in [3.63, 3.8) is 0 Å². The van der Waals surface area contributed by atoms with Crippen molar-refractivity contribution in [3.05, 3.63) is 53.1 Å². The molecule has 0 aliphatic carbocycles. The highest BCUT2D eigenvalue weighted by atomic mass is 16.5. The van der Waals surface area contributed by atoms with Crippen LogP contribution in [0.25, 0.3) is 0 Å². The molecule has 0 saturated heterocycles. The van der Waals surface area contributed by atoms with E-state index in [9.17, 15) is 9.59 Å². The van der Waals surface area contributed by atoms with Crippen molar-refractivity contribution >= 4 is 23.2 Å². The summed E-state index contributed by atoms with van der Waals surface area (Å²) in [6, 6.07) is 11.4. The van der Waals surface area contributed by atoms with Crippen LogP contribution < -0.4 is 15.4 Å². The molecule has 1 aliphatic heterocycles. The number of rotatable bonds is 3. The normalized spacial score (nSPS) is 13.3. The van der Waals surface area contributed by atoms with Crippen LogP contribution in [0.3, 0.4) is 0 Å². The fourth-order valence-corrected chi connectivity index (χ4v) is 2.63. The fraction of sp³-hybridized carbons (Fsp3) is 0.263. The van der Waals surface area contributed by atoms with Crippen molar-refractivity contribution in [2.24, 2.45) is 0 Å². The molecule has 5 heteroatoms. The van der Waals surface area contributed by atoms with E-state index < -0.39 is 0 Å². The molecule has 0 spiro atoms. The van der Waals surface area contributed by atoms with Gasteiger partial charge in [0.25, 0.3) is 0 Å². The van der Waals surface area contributed by atoms with E-state index in [0.29, 0.717) is 24.5 Å². The number of aryl methyl sites for hydroxylation is 2. The van der Waals surface area contributed by atoms with Crippen molar-refractivity contribution < 1.29 is 14.3 Å². The van der Waals surface area contributed by atoms with E-state index in [4.69, 9.17) is 4.74 Å². The minimum atomic E-state index is -0.0930. The van der Waals surface area contributed by atoms with Crippen LogP contribution in [0.15, 0.2) is 36.4 Å². The van der Waals surface area contributed by atoms with Gasteiger partial charge in [0, 0.05) is 5.69 Å². The van der Waals surface area contributed by atoms with Crippen molar-refractivity contribution in [2.45, 2.75) is 26.7 Å². The zero-order valence-corrected chi connectivity index (χ0v) is 13.8. The molecule has 0 saturated carbocycles. The second-order valence-corrected chi connectivity index (χ2v) is 6.02. The number of amides is 2. The van der Waals surface area contributed by atoms with E-state index in [-0.39, 0.29) is 18.2 Å². The van der Waals surface area contributed by atoms with Crippen LogP contribution in [0.4, 0.5) is 11.4 Å². The molecule has 0 atom stereocenters. The third-order valence-corrected chi connectivity index (χ3v) is 3.94. The first-order chi connectivity index (χ1) is 11.5. The quantitative estimate of drug-likeness (QED) is 0.911. The number of carbonyl (C=O) groups excluding carboxylic acids is 2. The molecule has 2 N–H and O–H groups in total. The summed E-state index contributed by atoms with van der Waals surface area (Å²) in [7, 11) is 0. The smallest absolute Gasteiger partial charge is 0.228 e. The number of anilines is 2. The van der Waals surface area contributed by atoms with Gasteiger partial charge < -0.3 is 15.4 Å². The van der Waals surface area contributed by atoms with Gasteiger partial charge in [0.15, 0.2) is 0 Å². The van der Waals surface area contributed by atoms with E-state index in [2.05, 4.69) is 10.6 Å². The number of carbonyl (C=O) groups is 2. The molecule has 5 nitrogen and oxygen atoms in total. The van der Waals surface area contributed by atoms with E-state index in [0.717, 1.165) is 22.4 Å².